The molecular formula is C22H26ClN3O3. The van der Waals surface area contributed by atoms with Gasteiger partial charge in [0.15, 0.2) is 5.75 Å². The summed E-state index contributed by atoms with van der Waals surface area (Å²) in [6.45, 7) is 8.00. The topological polar surface area (TPSA) is 76.8 Å². The van der Waals surface area contributed by atoms with Crippen molar-refractivity contribution in [1.82, 2.24) is 4.90 Å². The number of amides is 1. The van der Waals surface area contributed by atoms with Crippen LogP contribution in [-0.2, 0) is 17.8 Å². The minimum atomic E-state index is -0.599. The van der Waals surface area contributed by atoms with E-state index < -0.39 is 11.7 Å². The highest BCUT2D eigenvalue weighted by Gasteiger charge is 2.24. The Morgan fingerprint density at radius 1 is 1.21 bits per heavy atom. The minimum Gasteiger partial charge on any atom is -0.456 e. The molecule has 0 atom stereocenters. The monoisotopic (exact) mass is 415 g/mol. The van der Waals surface area contributed by atoms with E-state index in [1.807, 2.05) is 63.2 Å². The van der Waals surface area contributed by atoms with Crippen LogP contribution in [0.1, 0.15) is 38.8 Å². The fourth-order valence-corrected chi connectivity index (χ4v) is 3.07. The molecule has 154 valence electrons. The molecule has 1 amide bonds. The molecule has 1 heterocycles. The van der Waals surface area contributed by atoms with Crippen molar-refractivity contribution in [2.24, 2.45) is 5.73 Å². The second kappa shape index (κ2) is 8.25. The predicted molar refractivity (Wildman–Crippen MR) is 115 cm³/mol. The number of fused-ring (bicyclic) bond motifs is 1. The molecule has 0 aliphatic carbocycles. The zero-order valence-corrected chi connectivity index (χ0v) is 17.8. The van der Waals surface area contributed by atoms with Crippen molar-refractivity contribution >= 4 is 23.4 Å². The number of allylic oxidation sites excluding steroid dienone is 1. The fraction of sp³-hybridized carbons (Fsp3) is 0.318. The number of hydrogen-bond acceptors (Lipinski definition) is 5. The van der Waals surface area contributed by atoms with E-state index in [4.69, 9.17) is 26.8 Å². The number of ether oxygens (including phenoxy) is 2. The molecular weight excluding hydrogens is 390 g/mol. The standard InChI is InChI=1S/C22H26ClN3O3/c1-14-20(24)25-18-11-15(9-10-19(18)28-14)12-26(21(27)29-22(2,3)4)13-16-7-5-6-8-17(16)23/h5-11,25H,12-13,24H2,1-4H3. The second-order valence-corrected chi connectivity index (χ2v) is 8.36. The van der Waals surface area contributed by atoms with Gasteiger partial charge in [-0.3, -0.25) is 4.90 Å². The number of carbonyl (C=O) groups excluding carboxylic acids is 1. The lowest BCUT2D eigenvalue weighted by Gasteiger charge is -2.28. The van der Waals surface area contributed by atoms with E-state index >= 15 is 0 Å². The van der Waals surface area contributed by atoms with Crippen LogP contribution < -0.4 is 15.8 Å². The molecule has 0 unspecified atom stereocenters. The summed E-state index contributed by atoms with van der Waals surface area (Å²) in [6, 6.07) is 13.1. The molecule has 0 bridgehead atoms. The van der Waals surface area contributed by atoms with Gasteiger partial charge < -0.3 is 20.5 Å². The summed E-state index contributed by atoms with van der Waals surface area (Å²) in [4.78, 5) is 14.5. The predicted octanol–water partition coefficient (Wildman–Crippen LogP) is 5.23. The number of carbonyl (C=O) groups is 1. The molecule has 0 spiro atoms. The molecule has 0 fully saturated rings. The van der Waals surface area contributed by atoms with Crippen LogP contribution >= 0.6 is 11.6 Å². The van der Waals surface area contributed by atoms with E-state index in [1.54, 1.807) is 11.8 Å². The average molecular weight is 416 g/mol. The van der Waals surface area contributed by atoms with Crippen molar-refractivity contribution < 1.29 is 14.3 Å². The van der Waals surface area contributed by atoms with E-state index in [2.05, 4.69) is 5.32 Å². The number of rotatable bonds is 4. The first kappa shape index (κ1) is 20.9. The van der Waals surface area contributed by atoms with Crippen LogP contribution in [0.2, 0.25) is 5.02 Å². The SMILES string of the molecule is CC1=C(N)Nc2cc(CN(Cc3ccccc3Cl)C(=O)OC(C)(C)C)ccc2O1. The molecule has 29 heavy (non-hydrogen) atoms. The molecule has 0 saturated heterocycles. The van der Waals surface area contributed by atoms with Crippen LogP contribution in [0.15, 0.2) is 54.0 Å². The Bertz CT molecular complexity index is 951. The number of anilines is 1. The zero-order chi connectivity index (χ0) is 21.2. The van der Waals surface area contributed by atoms with Gasteiger partial charge in [0, 0.05) is 11.6 Å². The summed E-state index contributed by atoms with van der Waals surface area (Å²) in [5, 5.41) is 3.73. The summed E-state index contributed by atoms with van der Waals surface area (Å²) in [5.41, 5.74) is 7.84. The largest absolute Gasteiger partial charge is 0.456 e. The third-order valence-electron chi connectivity index (χ3n) is 4.30. The van der Waals surface area contributed by atoms with E-state index in [1.165, 1.54) is 0 Å². The molecule has 3 N–H and O–H groups in total. The van der Waals surface area contributed by atoms with Gasteiger partial charge in [-0.1, -0.05) is 35.9 Å². The lowest BCUT2D eigenvalue weighted by Crippen LogP contribution is -2.36. The third kappa shape index (κ3) is 5.35. The first-order valence-electron chi connectivity index (χ1n) is 9.38. The van der Waals surface area contributed by atoms with E-state index in [-0.39, 0.29) is 0 Å². The van der Waals surface area contributed by atoms with E-state index in [0.29, 0.717) is 35.4 Å². The van der Waals surface area contributed by atoms with Crippen molar-refractivity contribution in [1.29, 1.82) is 0 Å². The molecule has 1 aliphatic rings. The molecule has 2 aromatic rings. The molecule has 7 heteroatoms. The van der Waals surface area contributed by atoms with Crippen LogP contribution in [0.5, 0.6) is 5.75 Å². The number of benzene rings is 2. The number of nitrogens with one attached hydrogen (secondary N) is 1. The molecule has 0 aromatic heterocycles. The Hall–Kier alpha value is -2.86. The van der Waals surface area contributed by atoms with Crippen LogP contribution in [-0.4, -0.2) is 16.6 Å². The Morgan fingerprint density at radius 2 is 1.93 bits per heavy atom. The Kier molecular flexibility index (Phi) is 5.94. The summed E-state index contributed by atoms with van der Waals surface area (Å²) in [7, 11) is 0. The number of nitrogens with two attached hydrogens (primary N) is 1. The van der Waals surface area contributed by atoms with Gasteiger partial charge in [0.25, 0.3) is 0 Å². The molecule has 3 rings (SSSR count). The smallest absolute Gasteiger partial charge is 0.410 e. The lowest BCUT2D eigenvalue weighted by atomic mass is 10.1. The fourth-order valence-electron chi connectivity index (χ4n) is 2.88. The Morgan fingerprint density at radius 3 is 2.62 bits per heavy atom. The van der Waals surface area contributed by atoms with Crippen molar-refractivity contribution in [3.8, 4) is 5.75 Å². The number of nitrogens with zero attached hydrogens (tertiary/aromatic N) is 1. The first-order valence-corrected chi connectivity index (χ1v) is 9.75. The van der Waals surface area contributed by atoms with E-state index in [9.17, 15) is 4.79 Å². The van der Waals surface area contributed by atoms with Crippen LogP contribution in [0.25, 0.3) is 0 Å². The normalized spacial score (nSPS) is 13.3. The van der Waals surface area contributed by atoms with Gasteiger partial charge in [-0.2, -0.15) is 0 Å². The molecule has 0 saturated carbocycles. The molecule has 0 radical (unpaired) electrons. The zero-order valence-electron chi connectivity index (χ0n) is 17.1. The summed E-state index contributed by atoms with van der Waals surface area (Å²) < 4.78 is 11.3. The van der Waals surface area contributed by atoms with Gasteiger partial charge >= 0.3 is 6.09 Å². The highest BCUT2D eigenvalue weighted by Crippen LogP contribution is 2.32. The van der Waals surface area contributed by atoms with Crippen molar-refractivity contribution in [3.05, 3.63) is 70.2 Å². The van der Waals surface area contributed by atoms with Gasteiger partial charge in [0.2, 0.25) is 0 Å². The maximum Gasteiger partial charge on any atom is 0.410 e. The van der Waals surface area contributed by atoms with Crippen LogP contribution in [0.3, 0.4) is 0 Å². The van der Waals surface area contributed by atoms with Crippen molar-refractivity contribution in [3.63, 3.8) is 0 Å². The molecule has 2 aromatic carbocycles. The van der Waals surface area contributed by atoms with Gasteiger partial charge in [0.05, 0.1) is 12.2 Å². The summed E-state index contributed by atoms with van der Waals surface area (Å²) in [5.74, 6) is 1.78. The minimum absolute atomic E-state index is 0.330. The maximum atomic E-state index is 12.9. The van der Waals surface area contributed by atoms with Crippen molar-refractivity contribution in [2.75, 3.05) is 5.32 Å². The summed E-state index contributed by atoms with van der Waals surface area (Å²) >= 11 is 6.31. The van der Waals surface area contributed by atoms with Gasteiger partial charge in [-0.25, -0.2) is 4.79 Å². The van der Waals surface area contributed by atoms with Crippen LogP contribution in [0, 0.1) is 0 Å². The first-order chi connectivity index (χ1) is 13.6. The molecule has 1 aliphatic heterocycles. The molecule has 6 nitrogen and oxygen atoms in total. The Labute approximate surface area is 176 Å². The third-order valence-corrected chi connectivity index (χ3v) is 4.67. The maximum absolute atomic E-state index is 12.9. The van der Waals surface area contributed by atoms with Crippen LogP contribution in [0.4, 0.5) is 10.5 Å². The quantitative estimate of drug-likeness (QED) is 0.715. The van der Waals surface area contributed by atoms with Gasteiger partial charge in [0.1, 0.15) is 17.2 Å². The summed E-state index contributed by atoms with van der Waals surface area (Å²) in [6.07, 6.45) is -0.408. The second-order valence-electron chi connectivity index (χ2n) is 7.96. The van der Waals surface area contributed by atoms with Crippen molar-refractivity contribution in [2.45, 2.75) is 46.4 Å². The lowest BCUT2D eigenvalue weighted by molar-refractivity contribution is 0.0216. The Balaban J connectivity index is 1.85. The number of halogens is 1. The average Bonchev–Trinajstić information content (AvgIpc) is 2.62. The number of hydrogen-bond donors (Lipinski definition) is 2. The highest BCUT2D eigenvalue weighted by atomic mass is 35.5. The van der Waals surface area contributed by atoms with Gasteiger partial charge in [-0.15, -0.1) is 0 Å². The van der Waals surface area contributed by atoms with E-state index in [0.717, 1.165) is 16.8 Å². The highest BCUT2D eigenvalue weighted by molar-refractivity contribution is 6.31. The van der Waals surface area contributed by atoms with Gasteiger partial charge in [-0.05, 0) is 57.0 Å².